The number of thioether (sulfide) groups is 1. The summed E-state index contributed by atoms with van der Waals surface area (Å²) in [6.07, 6.45) is 1.02. The Morgan fingerprint density at radius 3 is 2.84 bits per heavy atom. The molecular formula is C14H21N3OS. The van der Waals surface area contributed by atoms with Gasteiger partial charge in [0, 0.05) is 34.8 Å². The lowest BCUT2D eigenvalue weighted by atomic mass is 10.1. The number of hydrogen-bond acceptors (Lipinski definition) is 4. The van der Waals surface area contributed by atoms with E-state index in [0.717, 1.165) is 31.0 Å². The fourth-order valence-corrected chi connectivity index (χ4v) is 3.32. The van der Waals surface area contributed by atoms with Crippen LogP contribution in [-0.2, 0) is 0 Å². The number of hydrogen-bond donors (Lipinski definition) is 1. The van der Waals surface area contributed by atoms with E-state index >= 15 is 0 Å². The van der Waals surface area contributed by atoms with Gasteiger partial charge in [-0.1, -0.05) is 13.8 Å². The molecule has 1 aromatic rings. The van der Waals surface area contributed by atoms with Crippen molar-refractivity contribution in [2.24, 2.45) is 0 Å². The minimum absolute atomic E-state index is 0.0653. The Morgan fingerprint density at radius 2 is 2.16 bits per heavy atom. The highest BCUT2D eigenvalue weighted by Gasteiger charge is 2.26. The van der Waals surface area contributed by atoms with Crippen molar-refractivity contribution in [3.63, 3.8) is 0 Å². The van der Waals surface area contributed by atoms with Crippen LogP contribution in [0.2, 0.25) is 0 Å². The molecule has 1 amide bonds. The SMILES string of the molecule is Cc1cc(C(=O)N2CCSC(C)(C)CC2)cc(N)n1. The molecule has 2 heterocycles. The molecule has 4 nitrogen and oxygen atoms in total. The molecule has 0 saturated carbocycles. The van der Waals surface area contributed by atoms with E-state index in [1.54, 1.807) is 6.07 Å². The third-order valence-electron chi connectivity index (χ3n) is 3.35. The van der Waals surface area contributed by atoms with Crippen molar-refractivity contribution < 1.29 is 4.79 Å². The standard InChI is InChI=1S/C14H21N3OS/c1-10-8-11(9-12(15)16-10)13(18)17-5-4-14(2,3)19-7-6-17/h8-9H,4-7H2,1-3H3,(H2,15,16). The van der Waals surface area contributed by atoms with E-state index in [9.17, 15) is 4.79 Å². The van der Waals surface area contributed by atoms with Gasteiger partial charge in [0.05, 0.1) is 0 Å². The summed E-state index contributed by atoms with van der Waals surface area (Å²) in [5.41, 5.74) is 7.15. The molecule has 0 aromatic carbocycles. The largest absolute Gasteiger partial charge is 0.384 e. The van der Waals surface area contributed by atoms with E-state index in [-0.39, 0.29) is 10.7 Å². The second kappa shape index (κ2) is 5.41. The first kappa shape index (κ1) is 14.2. The van der Waals surface area contributed by atoms with Gasteiger partial charge in [0.2, 0.25) is 0 Å². The van der Waals surface area contributed by atoms with Crippen LogP contribution in [0.1, 0.15) is 36.3 Å². The van der Waals surface area contributed by atoms with Crippen LogP contribution in [0.25, 0.3) is 0 Å². The molecule has 19 heavy (non-hydrogen) atoms. The zero-order valence-corrected chi connectivity index (χ0v) is 12.6. The first-order chi connectivity index (χ1) is 8.87. The van der Waals surface area contributed by atoms with Gasteiger partial charge in [-0.05, 0) is 25.5 Å². The van der Waals surface area contributed by atoms with Crippen LogP contribution >= 0.6 is 11.8 Å². The van der Waals surface area contributed by atoms with Gasteiger partial charge in [0.1, 0.15) is 5.82 Å². The molecule has 0 atom stereocenters. The van der Waals surface area contributed by atoms with Crippen LogP contribution in [0.4, 0.5) is 5.82 Å². The number of nitrogen functional groups attached to an aromatic ring is 1. The van der Waals surface area contributed by atoms with E-state index in [2.05, 4.69) is 18.8 Å². The maximum atomic E-state index is 12.5. The van der Waals surface area contributed by atoms with Gasteiger partial charge in [-0.2, -0.15) is 11.8 Å². The van der Waals surface area contributed by atoms with Gasteiger partial charge < -0.3 is 10.6 Å². The molecule has 0 aliphatic carbocycles. The molecular weight excluding hydrogens is 258 g/mol. The van der Waals surface area contributed by atoms with Gasteiger partial charge in [-0.15, -0.1) is 0 Å². The summed E-state index contributed by atoms with van der Waals surface area (Å²) < 4.78 is 0.252. The summed E-state index contributed by atoms with van der Waals surface area (Å²) in [4.78, 5) is 18.5. The average molecular weight is 279 g/mol. The first-order valence-corrected chi connectivity index (χ1v) is 7.53. The Labute approximate surface area is 118 Å². The topological polar surface area (TPSA) is 59.2 Å². The maximum Gasteiger partial charge on any atom is 0.254 e. The highest BCUT2D eigenvalue weighted by molar-refractivity contribution is 8.00. The lowest BCUT2D eigenvalue weighted by Gasteiger charge is -2.23. The molecule has 0 radical (unpaired) electrons. The third-order valence-corrected chi connectivity index (χ3v) is 4.72. The van der Waals surface area contributed by atoms with Crippen LogP contribution in [0, 0.1) is 6.92 Å². The third kappa shape index (κ3) is 3.62. The van der Waals surface area contributed by atoms with Crippen molar-refractivity contribution in [1.82, 2.24) is 9.88 Å². The van der Waals surface area contributed by atoms with E-state index in [4.69, 9.17) is 5.73 Å². The summed E-state index contributed by atoms with van der Waals surface area (Å²) in [6, 6.07) is 3.47. The molecule has 2 N–H and O–H groups in total. The van der Waals surface area contributed by atoms with Crippen molar-refractivity contribution in [3.8, 4) is 0 Å². The van der Waals surface area contributed by atoms with Crippen LogP contribution in [0.3, 0.4) is 0 Å². The van der Waals surface area contributed by atoms with Gasteiger partial charge in [0.25, 0.3) is 5.91 Å². The molecule has 0 unspecified atom stereocenters. The highest BCUT2D eigenvalue weighted by atomic mass is 32.2. The number of nitrogens with two attached hydrogens (primary N) is 1. The lowest BCUT2D eigenvalue weighted by Crippen LogP contribution is -2.33. The summed E-state index contributed by atoms with van der Waals surface area (Å²) in [7, 11) is 0. The number of carbonyl (C=O) groups excluding carboxylic acids is 1. The Hall–Kier alpha value is -1.23. The maximum absolute atomic E-state index is 12.5. The quantitative estimate of drug-likeness (QED) is 0.857. The van der Waals surface area contributed by atoms with Crippen molar-refractivity contribution in [2.75, 3.05) is 24.6 Å². The van der Waals surface area contributed by atoms with E-state index in [0.29, 0.717) is 11.4 Å². The smallest absolute Gasteiger partial charge is 0.254 e. The summed E-state index contributed by atoms with van der Waals surface area (Å²) in [6.45, 7) is 7.93. The number of amides is 1. The number of rotatable bonds is 1. The summed E-state index contributed by atoms with van der Waals surface area (Å²) in [5, 5.41) is 0. The zero-order valence-electron chi connectivity index (χ0n) is 11.8. The van der Waals surface area contributed by atoms with E-state index in [1.807, 2.05) is 29.7 Å². The molecule has 0 bridgehead atoms. The summed E-state index contributed by atoms with van der Waals surface area (Å²) in [5.74, 6) is 1.46. The number of anilines is 1. The number of nitrogens with zero attached hydrogens (tertiary/aromatic N) is 2. The van der Waals surface area contributed by atoms with Gasteiger partial charge >= 0.3 is 0 Å². The molecule has 2 rings (SSSR count). The fraction of sp³-hybridized carbons (Fsp3) is 0.571. The van der Waals surface area contributed by atoms with Crippen LogP contribution in [0.15, 0.2) is 12.1 Å². The predicted octanol–water partition coefficient (Wildman–Crippen LogP) is 2.33. The minimum atomic E-state index is 0.0653. The van der Waals surface area contributed by atoms with Crippen molar-refractivity contribution >= 4 is 23.5 Å². The van der Waals surface area contributed by atoms with Crippen LogP contribution in [-0.4, -0.2) is 39.4 Å². The van der Waals surface area contributed by atoms with Crippen molar-refractivity contribution in [3.05, 3.63) is 23.4 Å². The average Bonchev–Trinajstić information content (AvgIpc) is 2.48. The molecule has 1 fully saturated rings. The number of aryl methyl sites for hydroxylation is 1. The molecule has 1 aliphatic heterocycles. The normalized spacial score (nSPS) is 19.0. The second-order valence-electron chi connectivity index (χ2n) is 5.57. The number of pyridine rings is 1. The molecule has 104 valence electrons. The monoisotopic (exact) mass is 279 g/mol. The number of aromatic nitrogens is 1. The Bertz CT molecular complexity index is 467. The molecule has 5 heteroatoms. The van der Waals surface area contributed by atoms with Crippen molar-refractivity contribution in [1.29, 1.82) is 0 Å². The minimum Gasteiger partial charge on any atom is -0.384 e. The zero-order chi connectivity index (χ0) is 14.0. The van der Waals surface area contributed by atoms with Crippen LogP contribution < -0.4 is 5.73 Å². The molecule has 1 saturated heterocycles. The second-order valence-corrected chi connectivity index (χ2v) is 7.37. The Morgan fingerprint density at radius 1 is 1.42 bits per heavy atom. The molecule has 1 aliphatic rings. The fourth-order valence-electron chi connectivity index (χ4n) is 2.22. The van der Waals surface area contributed by atoms with Gasteiger partial charge in [-0.3, -0.25) is 4.79 Å². The molecule has 0 spiro atoms. The lowest BCUT2D eigenvalue weighted by molar-refractivity contribution is 0.0764. The van der Waals surface area contributed by atoms with Crippen molar-refractivity contribution in [2.45, 2.75) is 31.9 Å². The van der Waals surface area contributed by atoms with E-state index in [1.165, 1.54) is 0 Å². The van der Waals surface area contributed by atoms with Gasteiger partial charge in [-0.25, -0.2) is 4.98 Å². The Kier molecular flexibility index (Phi) is 4.04. The van der Waals surface area contributed by atoms with E-state index < -0.39 is 0 Å². The number of carbonyl (C=O) groups is 1. The first-order valence-electron chi connectivity index (χ1n) is 6.55. The van der Waals surface area contributed by atoms with Crippen LogP contribution in [0.5, 0.6) is 0 Å². The van der Waals surface area contributed by atoms with Gasteiger partial charge in [0.15, 0.2) is 0 Å². The molecule has 1 aromatic heterocycles. The summed E-state index contributed by atoms with van der Waals surface area (Å²) >= 11 is 1.93. The highest BCUT2D eigenvalue weighted by Crippen LogP contribution is 2.31. The Balaban J connectivity index is 2.15. The predicted molar refractivity (Wildman–Crippen MR) is 80.4 cm³/mol.